The summed E-state index contributed by atoms with van der Waals surface area (Å²) < 4.78 is 39.5. The monoisotopic (exact) mass is 583 g/mol. The lowest BCUT2D eigenvalue weighted by molar-refractivity contribution is 0.00283. The van der Waals surface area contributed by atoms with Gasteiger partial charge in [0.1, 0.15) is 11.6 Å². The summed E-state index contributed by atoms with van der Waals surface area (Å²) in [7, 11) is 1.39. The molecule has 0 aromatic heterocycles. The predicted octanol–water partition coefficient (Wildman–Crippen LogP) is 8.50. The van der Waals surface area contributed by atoms with Gasteiger partial charge in [0, 0.05) is 25.7 Å². The van der Waals surface area contributed by atoms with Gasteiger partial charge < -0.3 is 9.47 Å². The van der Waals surface area contributed by atoms with Crippen LogP contribution in [0.25, 0.3) is 11.1 Å². The van der Waals surface area contributed by atoms with Gasteiger partial charge in [-0.25, -0.2) is 13.6 Å². The van der Waals surface area contributed by atoms with Crippen molar-refractivity contribution in [2.75, 3.05) is 13.7 Å². The van der Waals surface area contributed by atoms with E-state index in [1.54, 1.807) is 0 Å². The maximum absolute atomic E-state index is 14.1. The molecular formula is C37H39F2NO3. The highest BCUT2D eigenvalue weighted by Crippen LogP contribution is 2.31. The molecule has 0 unspecified atom stereocenters. The van der Waals surface area contributed by atoms with Crippen molar-refractivity contribution in [3.8, 4) is 11.1 Å². The quantitative estimate of drug-likeness (QED) is 0.166. The van der Waals surface area contributed by atoms with Crippen LogP contribution >= 0.6 is 0 Å². The Bertz CT molecular complexity index is 1500. The Morgan fingerprint density at radius 3 is 2.14 bits per heavy atom. The Kier molecular flexibility index (Phi) is 10.3. The number of hydrogen-bond donors (Lipinski definition) is 0. The van der Waals surface area contributed by atoms with Crippen molar-refractivity contribution in [3.63, 3.8) is 0 Å². The molecule has 0 heterocycles. The second-order valence-corrected chi connectivity index (χ2v) is 11.6. The van der Waals surface area contributed by atoms with Gasteiger partial charge in [-0.3, -0.25) is 4.90 Å². The number of ether oxygens (including phenoxy) is 2. The van der Waals surface area contributed by atoms with Gasteiger partial charge in [-0.2, -0.15) is 0 Å². The number of benzene rings is 4. The average molecular weight is 584 g/mol. The van der Waals surface area contributed by atoms with Crippen molar-refractivity contribution < 1.29 is 23.0 Å². The van der Waals surface area contributed by atoms with Crippen LogP contribution in [0.3, 0.4) is 0 Å². The Labute approximate surface area is 253 Å². The minimum Gasteiger partial charge on any atom is -0.465 e. The molecular weight excluding hydrogens is 544 g/mol. The van der Waals surface area contributed by atoms with Crippen LogP contribution in [0.1, 0.15) is 58.3 Å². The molecule has 6 heteroatoms. The first-order valence-electron chi connectivity index (χ1n) is 15.0. The van der Waals surface area contributed by atoms with Crippen LogP contribution in [0, 0.1) is 24.5 Å². The summed E-state index contributed by atoms with van der Waals surface area (Å²) in [6.45, 7) is 4.43. The van der Waals surface area contributed by atoms with Gasteiger partial charge in [-0.1, -0.05) is 60.7 Å². The molecule has 224 valence electrons. The molecule has 0 N–H and O–H groups in total. The van der Waals surface area contributed by atoms with Crippen molar-refractivity contribution in [2.45, 2.75) is 58.4 Å². The van der Waals surface area contributed by atoms with Gasteiger partial charge in [0.25, 0.3) is 0 Å². The maximum Gasteiger partial charge on any atom is 0.338 e. The van der Waals surface area contributed by atoms with E-state index in [4.69, 9.17) is 9.47 Å². The molecule has 0 aliphatic heterocycles. The summed E-state index contributed by atoms with van der Waals surface area (Å²) in [6, 6.07) is 27.7. The minimum absolute atomic E-state index is 0.241. The Hall–Kier alpha value is -3.87. The number of hydrogen-bond acceptors (Lipinski definition) is 4. The Morgan fingerprint density at radius 1 is 0.767 bits per heavy atom. The molecule has 4 aromatic rings. The van der Waals surface area contributed by atoms with E-state index >= 15 is 0 Å². The molecule has 0 atom stereocenters. The third-order valence-corrected chi connectivity index (χ3v) is 8.30. The normalized spacial score (nSPS) is 16.8. The Morgan fingerprint density at radius 2 is 1.44 bits per heavy atom. The molecule has 5 rings (SSSR count). The number of methoxy groups -OCH3 is 1. The second-order valence-electron chi connectivity index (χ2n) is 11.6. The van der Waals surface area contributed by atoms with Crippen molar-refractivity contribution in [1.29, 1.82) is 0 Å². The fraction of sp³-hybridized carbons (Fsp3) is 0.324. The molecule has 0 spiro atoms. The molecule has 0 radical (unpaired) electrons. The standard InChI is InChI=1S/C37H39F2NO3/c1-26-8-6-7-11-34(26)36-20-29(14-17-35(36)37(41)42-2)23-40(24-30-18-31(38)21-32(39)19-30)22-27-12-15-33(16-13-27)43-25-28-9-4-3-5-10-28/h3-11,14,17-21,27,33H,12-13,15-16,22-25H2,1-2H3. The van der Waals surface area contributed by atoms with Crippen LogP contribution in [-0.2, 0) is 29.2 Å². The summed E-state index contributed by atoms with van der Waals surface area (Å²) in [5.74, 6) is -1.09. The second kappa shape index (κ2) is 14.5. The van der Waals surface area contributed by atoms with Gasteiger partial charge in [0.05, 0.1) is 25.4 Å². The van der Waals surface area contributed by atoms with Crippen LogP contribution < -0.4 is 0 Å². The number of carbonyl (C=O) groups excluding carboxylic acids is 1. The third-order valence-electron chi connectivity index (χ3n) is 8.30. The van der Waals surface area contributed by atoms with Crippen molar-refractivity contribution in [3.05, 3.63) is 130 Å². The van der Waals surface area contributed by atoms with Crippen LogP contribution in [0.4, 0.5) is 8.78 Å². The number of nitrogens with zero attached hydrogens (tertiary/aromatic N) is 1. The lowest BCUT2D eigenvalue weighted by Crippen LogP contribution is -2.32. The molecule has 0 bridgehead atoms. The zero-order valence-corrected chi connectivity index (χ0v) is 24.9. The molecule has 4 aromatic carbocycles. The van der Waals surface area contributed by atoms with E-state index < -0.39 is 11.6 Å². The zero-order chi connectivity index (χ0) is 30.2. The van der Waals surface area contributed by atoms with Gasteiger partial charge in [-0.05, 0) is 96.2 Å². The predicted molar refractivity (Wildman–Crippen MR) is 165 cm³/mol. The minimum atomic E-state index is -0.574. The first-order chi connectivity index (χ1) is 20.9. The molecule has 1 aliphatic carbocycles. The van der Waals surface area contributed by atoms with Crippen LogP contribution in [0.15, 0.2) is 91.0 Å². The lowest BCUT2D eigenvalue weighted by atomic mass is 9.86. The summed E-state index contributed by atoms with van der Waals surface area (Å²) in [6.07, 6.45) is 4.28. The van der Waals surface area contributed by atoms with E-state index in [1.165, 1.54) is 24.8 Å². The highest BCUT2D eigenvalue weighted by molar-refractivity contribution is 5.97. The number of aryl methyl sites for hydroxylation is 1. The van der Waals surface area contributed by atoms with Gasteiger partial charge in [0.2, 0.25) is 0 Å². The van der Waals surface area contributed by atoms with E-state index in [0.717, 1.165) is 60.5 Å². The number of esters is 1. The van der Waals surface area contributed by atoms with E-state index in [9.17, 15) is 13.6 Å². The number of carbonyl (C=O) groups is 1. The first-order valence-corrected chi connectivity index (χ1v) is 15.0. The van der Waals surface area contributed by atoms with Crippen molar-refractivity contribution >= 4 is 5.97 Å². The highest BCUT2D eigenvalue weighted by Gasteiger charge is 2.25. The van der Waals surface area contributed by atoms with E-state index in [-0.39, 0.29) is 12.1 Å². The number of halogens is 2. The van der Waals surface area contributed by atoms with Gasteiger partial charge in [0.15, 0.2) is 0 Å². The van der Waals surface area contributed by atoms with E-state index in [2.05, 4.69) is 17.0 Å². The van der Waals surface area contributed by atoms with Crippen LogP contribution in [-0.4, -0.2) is 30.6 Å². The lowest BCUT2D eigenvalue weighted by Gasteiger charge is -2.33. The fourth-order valence-corrected chi connectivity index (χ4v) is 6.11. The zero-order valence-electron chi connectivity index (χ0n) is 24.9. The third kappa shape index (κ3) is 8.37. The summed E-state index contributed by atoms with van der Waals surface area (Å²) >= 11 is 0. The highest BCUT2D eigenvalue weighted by atomic mass is 19.1. The van der Waals surface area contributed by atoms with E-state index in [0.29, 0.717) is 36.7 Å². The molecule has 1 fully saturated rings. The maximum atomic E-state index is 14.1. The van der Waals surface area contributed by atoms with Crippen LogP contribution in [0.2, 0.25) is 0 Å². The molecule has 4 nitrogen and oxygen atoms in total. The van der Waals surface area contributed by atoms with E-state index in [1.807, 2.05) is 67.6 Å². The fourth-order valence-electron chi connectivity index (χ4n) is 6.11. The first kappa shape index (κ1) is 30.6. The van der Waals surface area contributed by atoms with Gasteiger partial charge in [-0.15, -0.1) is 0 Å². The SMILES string of the molecule is COC(=O)c1ccc(CN(Cc2cc(F)cc(F)c2)CC2CCC(OCc3ccccc3)CC2)cc1-c1ccccc1C. The molecule has 1 aliphatic rings. The summed E-state index contributed by atoms with van der Waals surface area (Å²) in [4.78, 5) is 14.9. The molecule has 0 amide bonds. The summed E-state index contributed by atoms with van der Waals surface area (Å²) in [5, 5.41) is 0. The summed E-state index contributed by atoms with van der Waals surface area (Å²) in [5.41, 5.74) is 6.15. The Balaban J connectivity index is 1.33. The molecule has 1 saturated carbocycles. The number of rotatable bonds is 11. The molecule has 0 saturated heterocycles. The largest absolute Gasteiger partial charge is 0.465 e. The topological polar surface area (TPSA) is 38.8 Å². The average Bonchev–Trinajstić information content (AvgIpc) is 3.00. The molecule has 43 heavy (non-hydrogen) atoms. The van der Waals surface area contributed by atoms with Crippen molar-refractivity contribution in [2.24, 2.45) is 5.92 Å². The smallest absolute Gasteiger partial charge is 0.338 e. The van der Waals surface area contributed by atoms with Gasteiger partial charge >= 0.3 is 5.97 Å². The van der Waals surface area contributed by atoms with Crippen LogP contribution in [0.5, 0.6) is 0 Å². The van der Waals surface area contributed by atoms with Crippen molar-refractivity contribution in [1.82, 2.24) is 4.90 Å².